The Hall–Kier alpha value is -1.40. The zero-order valence-corrected chi connectivity index (χ0v) is 14.7. The number of hydrogen-bond acceptors (Lipinski definition) is 3. The zero-order valence-electron chi connectivity index (χ0n) is 13.9. The van der Waals surface area contributed by atoms with E-state index in [-0.39, 0.29) is 23.9 Å². The first-order valence-corrected chi connectivity index (χ1v) is 9.71. The maximum Gasteiger partial charge on any atom is 0.243 e. The number of aryl methyl sites for hydroxylation is 1. The maximum absolute atomic E-state index is 13.1. The number of carbonyl (C=O) groups excluding carboxylic acids is 1. The lowest BCUT2D eigenvalue weighted by Crippen LogP contribution is -2.43. The smallest absolute Gasteiger partial charge is 0.243 e. The van der Waals surface area contributed by atoms with Gasteiger partial charge in [0.1, 0.15) is 0 Å². The molecule has 0 spiro atoms. The quantitative estimate of drug-likeness (QED) is 0.899. The molecule has 5 nitrogen and oxygen atoms in total. The van der Waals surface area contributed by atoms with Gasteiger partial charge in [0.25, 0.3) is 0 Å². The first-order valence-electron chi connectivity index (χ1n) is 8.27. The number of hydrogen-bond donors (Lipinski definition) is 1. The molecule has 0 radical (unpaired) electrons. The molecule has 1 aromatic carbocycles. The van der Waals surface area contributed by atoms with Crippen LogP contribution in [0.5, 0.6) is 0 Å². The molecule has 2 aliphatic rings. The molecule has 1 aromatic rings. The highest BCUT2D eigenvalue weighted by Crippen LogP contribution is 2.36. The van der Waals surface area contributed by atoms with Crippen LogP contribution in [0.15, 0.2) is 23.1 Å². The Bertz CT molecular complexity index is 723. The standard InChI is InChI=1S/C17H24N2O3S/c1-11(2)12(3)19(14-5-6-14)23(21,22)15-7-8-16-13(10-15)4-9-17(20)18-16/h7-8,10-12,14H,4-6,9H2,1-3H3,(H,18,20)/t12-/m0/s1. The molecule has 0 aromatic heterocycles. The van der Waals surface area contributed by atoms with Crippen LogP contribution in [-0.2, 0) is 21.2 Å². The summed E-state index contributed by atoms with van der Waals surface area (Å²) in [5.74, 6) is 0.253. The summed E-state index contributed by atoms with van der Waals surface area (Å²) in [7, 11) is -3.51. The average Bonchev–Trinajstić information content (AvgIpc) is 3.30. The molecule has 1 heterocycles. The second kappa shape index (κ2) is 5.91. The van der Waals surface area contributed by atoms with Gasteiger partial charge in [0.15, 0.2) is 0 Å². The van der Waals surface area contributed by atoms with Crippen molar-refractivity contribution in [3.05, 3.63) is 23.8 Å². The number of nitrogens with one attached hydrogen (secondary N) is 1. The first kappa shape index (κ1) is 16.5. The molecule has 0 bridgehead atoms. The van der Waals surface area contributed by atoms with Gasteiger partial charge in [-0.25, -0.2) is 8.42 Å². The number of fused-ring (bicyclic) bond motifs is 1. The van der Waals surface area contributed by atoms with Gasteiger partial charge in [-0.1, -0.05) is 13.8 Å². The minimum atomic E-state index is -3.51. The van der Waals surface area contributed by atoms with Crippen molar-refractivity contribution in [2.24, 2.45) is 5.92 Å². The molecule has 1 amide bonds. The third kappa shape index (κ3) is 3.15. The first-order chi connectivity index (χ1) is 10.8. The Morgan fingerprint density at radius 3 is 2.48 bits per heavy atom. The van der Waals surface area contributed by atoms with E-state index < -0.39 is 10.0 Å². The molecule has 1 saturated carbocycles. The van der Waals surface area contributed by atoms with Crippen LogP contribution in [0.2, 0.25) is 0 Å². The predicted octanol–water partition coefficient (Wildman–Crippen LogP) is 2.77. The minimum Gasteiger partial charge on any atom is -0.326 e. The van der Waals surface area contributed by atoms with Crippen LogP contribution >= 0.6 is 0 Å². The second-order valence-electron chi connectivity index (χ2n) is 6.92. The lowest BCUT2D eigenvalue weighted by Gasteiger charge is -2.31. The van der Waals surface area contributed by atoms with Crippen molar-refractivity contribution in [2.45, 2.75) is 63.4 Å². The molecule has 1 atom stereocenters. The molecule has 1 N–H and O–H groups in total. The summed E-state index contributed by atoms with van der Waals surface area (Å²) >= 11 is 0. The third-order valence-corrected chi connectivity index (χ3v) is 6.86. The van der Waals surface area contributed by atoms with Gasteiger partial charge in [0.2, 0.25) is 15.9 Å². The molecule has 0 saturated heterocycles. The van der Waals surface area contributed by atoms with Crippen LogP contribution in [0.25, 0.3) is 0 Å². The average molecular weight is 336 g/mol. The van der Waals surface area contributed by atoms with Crippen molar-refractivity contribution in [2.75, 3.05) is 5.32 Å². The van der Waals surface area contributed by atoms with E-state index in [0.717, 1.165) is 24.1 Å². The van der Waals surface area contributed by atoms with Crippen LogP contribution in [0.3, 0.4) is 0 Å². The Kier molecular flexibility index (Phi) is 4.23. The summed E-state index contributed by atoms with van der Waals surface area (Å²) in [5.41, 5.74) is 1.63. The van der Waals surface area contributed by atoms with Crippen LogP contribution in [0.1, 0.15) is 45.6 Å². The van der Waals surface area contributed by atoms with Crippen molar-refractivity contribution in [3.8, 4) is 0 Å². The van der Waals surface area contributed by atoms with E-state index in [2.05, 4.69) is 19.2 Å². The van der Waals surface area contributed by atoms with Crippen LogP contribution in [0, 0.1) is 5.92 Å². The summed E-state index contributed by atoms with van der Waals surface area (Å²) in [6.45, 7) is 6.09. The lowest BCUT2D eigenvalue weighted by molar-refractivity contribution is -0.116. The molecule has 1 fully saturated rings. The number of sulfonamides is 1. The maximum atomic E-state index is 13.1. The highest BCUT2D eigenvalue weighted by Gasteiger charge is 2.42. The summed E-state index contributed by atoms with van der Waals surface area (Å²) in [4.78, 5) is 11.8. The number of amides is 1. The Labute approximate surface area is 138 Å². The van der Waals surface area contributed by atoms with E-state index in [1.165, 1.54) is 0 Å². The molecule has 1 aliphatic heterocycles. The van der Waals surface area contributed by atoms with Gasteiger partial charge in [-0.2, -0.15) is 4.31 Å². The molecule has 6 heteroatoms. The number of nitrogens with zero attached hydrogens (tertiary/aromatic N) is 1. The SMILES string of the molecule is CC(C)[C@H](C)N(C1CC1)S(=O)(=O)c1ccc2c(c1)CCC(=O)N2. The summed E-state index contributed by atoms with van der Waals surface area (Å²) < 4.78 is 28.0. The normalized spacial score (nSPS) is 19.6. The molecular formula is C17H24N2O3S. The van der Waals surface area contributed by atoms with E-state index >= 15 is 0 Å². The summed E-state index contributed by atoms with van der Waals surface area (Å²) in [6, 6.07) is 5.16. The van der Waals surface area contributed by atoms with Crippen molar-refractivity contribution >= 4 is 21.6 Å². The number of rotatable bonds is 5. The molecule has 1 aliphatic carbocycles. The predicted molar refractivity (Wildman–Crippen MR) is 89.7 cm³/mol. The fourth-order valence-electron chi connectivity index (χ4n) is 3.01. The largest absolute Gasteiger partial charge is 0.326 e. The Balaban J connectivity index is 1.97. The van der Waals surface area contributed by atoms with Gasteiger partial charge < -0.3 is 5.32 Å². The fourth-order valence-corrected chi connectivity index (χ4v) is 5.07. The number of anilines is 1. The Morgan fingerprint density at radius 2 is 1.87 bits per heavy atom. The number of benzene rings is 1. The van der Waals surface area contributed by atoms with Crippen LogP contribution < -0.4 is 5.32 Å². The van der Waals surface area contributed by atoms with Crippen LogP contribution in [-0.4, -0.2) is 30.7 Å². The molecular weight excluding hydrogens is 312 g/mol. The van der Waals surface area contributed by atoms with E-state index in [1.807, 2.05) is 6.92 Å². The van der Waals surface area contributed by atoms with Crippen LogP contribution in [0.4, 0.5) is 5.69 Å². The van der Waals surface area contributed by atoms with E-state index in [4.69, 9.17) is 0 Å². The topological polar surface area (TPSA) is 66.5 Å². The van der Waals surface area contributed by atoms with Crippen molar-refractivity contribution in [1.29, 1.82) is 0 Å². The highest BCUT2D eigenvalue weighted by atomic mass is 32.2. The van der Waals surface area contributed by atoms with Gasteiger partial charge in [0.05, 0.1) is 4.90 Å². The lowest BCUT2D eigenvalue weighted by atomic mass is 10.0. The van der Waals surface area contributed by atoms with E-state index in [1.54, 1.807) is 22.5 Å². The Morgan fingerprint density at radius 1 is 1.17 bits per heavy atom. The molecule has 0 unspecified atom stereocenters. The zero-order chi connectivity index (χ0) is 16.8. The van der Waals surface area contributed by atoms with Gasteiger partial charge >= 0.3 is 0 Å². The van der Waals surface area contributed by atoms with Gasteiger partial charge in [0, 0.05) is 24.2 Å². The van der Waals surface area contributed by atoms with Crippen molar-refractivity contribution < 1.29 is 13.2 Å². The molecule has 126 valence electrons. The van der Waals surface area contributed by atoms with Gasteiger partial charge in [-0.3, -0.25) is 4.79 Å². The van der Waals surface area contributed by atoms with Crippen molar-refractivity contribution in [3.63, 3.8) is 0 Å². The minimum absolute atomic E-state index is 0.0128. The van der Waals surface area contributed by atoms with Gasteiger partial charge in [-0.15, -0.1) is 0 Å². The van der Waals surface area contributed by atoms with Crippen molar-refractivity contribution in [1.82, 2.24) is 4.31 Å². The van der Waals surface area contributed by atoms with E-state index in [9.17, 15) is 13.2 Å². The number of carbonyl (C=O) groups is 1. The third-order valence-electron chi connectivity index (χ3n) is 4.82. The summed E-state index contributed by atoms with van der Waals surface area (Å²) in [5, 5.41) is 2.80. The van der Waals surface area contributed by atoms with Gasteiger partial charge in [-0.05, 0) is 55.9 Å². The monoisotopic (exact) mass is 336 g/mol. The molecule has 23 heavy (non-hydrogen) atoms. The van der Waals surface area contributed by atoms with E-state index in [0.29, 0.717) is 17.7 Å². The fraction of sp³-hybridized carbons (Fsp3) is 0.588. The summed E-state index contributed by atoms with van der Waals surface area (Å²) in [6.07, 6.45) is 2.88. The molecule has 3 rings (SSSR count). The second-order valence-corrected chi connectivity index (χ2v) is 8.76. The highest BCUT2D eigenvalue weighted by molar-refractivity contribution is 7.89.